The molecule has 17 heavy (non-hydrogen) atoms. The third kappa shape index (κ3) is 1.90. The second-order valence-corrected chi connectivity index (χ2v) is 3.91. The second kappa shape index (κ2) is 4.57. The SMILES string of the molecule is CCCCc1onc2c1c(=O)[nH]c(=O)n2CC. The van der Waals surface area contributed by atoms with Gasteiger partial charge in [-0.2, -0.15) is 0 Å². The van der Waals surface area contributed by atoms with E-state index < -0.39 is 11.2 Å². The highest BCUT2D eigenvalue weighted by Gasteiger charge is 2.16. The van der Waals surface area contributed by atoms with Gasteiger partial charge in [0.05, 0.1) is 0 Å². The summed E-state index contributed by atoms with van der Waals surface area (Å²) in [5, 5.41) is 4.23. The molecule has 0 amide bonds. The quantitative estimate of drug-likeness (QED) is 0.861. The number of rotatable bonds is 4. The highest BCUT2D eigenvalue weighted by Crippen LogP contribution is 2.14. The molecule has 0 bridgehead atoms. The van der Waals surface area contributed by atoms with Crippen LogP contribution in [0, 0.1) is 0 Å². The molecule has 0 spiro atoms. The van der Waals surface area contributed by atoms with Gasteiger partial charge in [0.1, 0.15) is 5.39 Å². The number of fused-ring (bicyclic) bond motifs is 1. The number of unbranched alkanes of at least 4 members (excludes halogenated alkanes) is 1. The van der Waals surface area contributed by atoms with E-state index in [0.29, 0.717) is 29.8 Å². The minimum Gasteiger partial charge on any atom is -0.358 e. The molecule has 92 valence electrons. The van der Waals surface area contributed by atoms with Crippen molar-refractivity contribution in [3.63, 3.8) is 0 Å². The van der Waals surface area contributed by atoms with Crippen molar-refractivity contribution < 1.29 is 4.52 Å². The molecule has 2 aromatic heterocycles. The first-order valence-corrected chi connectivity index (χ1v) is 5.80. The molecule has 1 N–H and O–H groups in total. The zero-order chi connectivity index (χ0) is 12.4. The number of hydrogen-bond acceptors (Lipinski definition) is 4. The Bertz CT molecular complexity index is 635. The van der Waals surface area contributed by atoms with E-state index >= 15 is 0 Å². The van der Waals surface area contributed by atoms with Crippen LogP contribution in [0.5, 0.6) is 0 Å². The van der Waals surface area contributed by atoms with Gasteiger partial charge in [-0.3, -0.25) is 14.3 Å². The Labute approximate surface area is 97.2 Å². The third-order valence-corrected chi connectivity index (χ3v) is 2.77. The van der Waals surface area contributed by atoms with Crippen LogP contribution in [0.3, 0.4) is 0 Å². The fourth-order valence-corrected chi connectivity index (χ4v) is 1.85. The van der Waals surface area contributed by atoms with Gasteiger partial charge < -0.3 is 4.52 Å². The number of nitrogens with one attached hydrogen (secondary N) is 1. The van der Waals surface area contributed by atoms with E-state index in [2.05, 4.69) is 17.1 Å². The molecule has 0 radical (unpaired) electrons. The van der Waals surface area contributed by atoms with Crippen molar-refractivity contribution in [2.24, 2.45) is 0 Å². The van der Waals surface area contributed by atoms with Crippen molar-refractivity contribution in [1.29, 1.82) is 0 Å². The molecule has 0 aliphatic carbocycles. The Balaban J connectivity index is 2.68. The minimum absolute atomic E-state index is 0.340. The molecule has 2 heterocycles. The molecule has 0 fully saturated rings. The first kappa shape index (κ1) is 11.6. The Kier molecular flexibility index (Phi) is 3.12. The van der Waals surface area contributed by atoms with Gasteiger partial charge in [-0.25, -0.2) is 4.79 Å². The maximum absolute atomic E-state index is 11.7. The Morgan fingerprint density at radius 3 is 2.76 bits per heavy atom. The zero-order valence-electron chi connectivity index (χ0n) is 9.95. The van der Waals surface area contributed by atoms with Crippen molar-refractivity contribution >= 4 is 11.0 Å². The summed E-state index contributed by atoms with van der Waals surface area (Å²) in [6, 6.07) is 0. The molecular formula is C11H15N3O3. The van der Waals surface area contributed by atoms with Crippen LogP contribution in [0.4, 0.5) is 0 Å². The number of aromatic nitrogens is 3. The van der Waals surface area contributed by atoms with Gasteiger partial charge in [0.2, 0.25) is 0 Å². The smallest absolute Gasteiger partial charge is 0.330 e. The lowest BCUT2D eigenvalue weighted by Gasteiger charge is -2.00. The third-order valence-electron chi connectivity index (χ3n) is 2.77. The molecule has 0 aliphatic rings. The number of hydrogen-bond donors (Lipinski definition) is 1. The molecule has 0 aromatic carbocycles. The van der Waals surface area contributed by atoms with Crippen molar-refractivity contribution in [2.45, 2.75) is 39.7 Å². The Hall–Kier alpha value is -1.85. The molecular weight excluding hydrogens is 222 g/mol. The monoisotopic (exact) mass is 237 g/mol. The molecule has 0 atom stereocenters. The fraction of sp³-hybridized carbons (Fsp3) is 0.545. The number of H-pyrrole nitrogens is 1. The van der Waals surface area contributed by atoms with E-state index in [1.165, 1.54) is 4.57 Å². The van der Waals surface area contributed by atoms with Crippen LogP contribution in [0.15, 0.2) is 14.1 Å². The van der Waals surface area contributed by atoms with Crippen LogP contribution in [0.25, 0.3) is 11.0 Å². The summed E-state index contributed by atoms with van der Waals surface area (Å²) in [4.78, 5) is 25.6. The highest BCUT2D eigenvalue weighted by atomic mass is 16.5. The van der Waals surface area contributed by atoms with Gasteiger partial charge in [0, 0.05) is 13.0 Å². The van der Waals surface area contributed by atoms with E-state index in [0.717, 1.165) is 12.8 Å². The van der Waals surface area contributed by atoms with Gasteiger partial charge in [0.25, 0.3) is 5.56 Å². The van der Waals surface area contributed by atoms with Crippen molar-refractivity contribution in [3.8, 4) is 0 Å². The van der Waals surface area contributed by atoms with E-state index in [9.17, 15) is 9.59 Å². The van der Waals surface area contributed by atoms with Gasteiger partial charge in [-0.15, -0.1) is 0 Å². The van der Waals surface area contributed by atoms with Crippen LogP contribution in [0.1, 0.15) is 32.4 Å². The first-order valence-electron chi connectivity index (χ1n) is 5.80. The molecule has 0 saturated heterocycles. The summed E-state index contributed by atoms with van der Waals surface area (Å²) in [6.45, 7) is 4.33. The number of nitrogens with zero attached hydrogens (tertiary/aromatic N) is 2. The summed E-state index contributed by atoms with van der Waals surface area (Å²) in [7, 11) is 0. The lowest BCUT2D eigenvalue weighted by molar-refractivity contribution is 0.384. The predicted octanol–water partition coefficient (Wildman–Crippen LogP) is 1.04. The maximum Gasteiger partial charge on any atom is 0.330 e. The van der Waals surface area contributed by atoms with E-state index in [4.69, 9.17) is 4.52 Å². The topological polar surface area (TPSA) is 80.9 Å². The van der Waals surface area contributed by atoms with E-state index in [1.807, 2.05) is 6.92 Å². The maximum atomic E-state index is 11.7. The van der Waals surface area contributed by atoms with Gasteiger partial charge in [-0.05, 0) is 13.3 Å². The molecule has 0 unspecified atom stereocenters. The number of aryl methyl sites for hydroxylation is 2. The van der Waals surface area contributed by atoms with Crippen LogP contribution in [-0.4, -0.2) is 14.7 Å². The molecule has 6 nitrogen and oxygen atoms in total. The van der Waals surface area contributed by atoms with Gasteiger partial charge >= 0.3 is 5.69 Å². The van der Waals surface area contributed by atoms with Crippen molar-refractivity contribution in [2.75, 3.05) is 0 Å². The van der Waals surface area contributed by atoms with Gasteiger partial charge in [-0.1, -0.05) is 18.5 Å². The van der Waals surface area contributed by atoms with E-state index in [1.54, 1.807) is 0 Å². The average molecular weight is 237 g/mol. The van der Waals surface area contributed by atoms with Crippen LogP contribution >= 0.6 is 0 Å². The summed E-state index contributed by atoms with van der Waals surface area (Å²) in [6.07, 6.45) is 2.60. The number of aromatic amines is 1. The zero-order valence-corrected chi connectivity index (χ0v) is 9.95. The largest absolute Gasteiger partial charge is 0.358 e. The van der Waals surface area contributed by atoms with Crippen LogP contribution < -0.4 is 11.2 Å². The standard InChI is InChI=1S/C11H15N3O3/c1-3-5-6-7-8-9(13-17-7)14(4-2)11(16)12-10(8)15/h3-6H2,1-2H3,(H,12,15,16). The molecule has 2 aromatic rings. The normalized spacial score (nSPS) is 11.2. The summed E-state index contributed by atoms with van der Waals surface area (Å²) in [5.41, 5.74) is -0.519. The Morgan fingerprint density at radius 2 is 2.12 bits per heavy atom. The molecule has 2 rings (SSSR count). The molecule has 0 aliphatic heterocycles. The highest BCUT2D eigenvalue weighted by molar-refractivity contribution is 5.75. The minimum atomic E-state index is -0.444. The fourth-order valence-electron chi connectivity index (χ4n) is 1.85. The van der Waals surface area contributed by atoms with Crippen LogP contribution in [-0.2, 0) is 13.0 Å². The van der Waals surface area contributed by atoms with Crippen LogP contribution in [0.2, 0.25) is 0 Å². The van der Waals surface area contributed by atoms with E-state index in [-0.39, 0.29) is 0 Å². The second-order valence-electron chi connectivity index (χ2n) is 3.91. The average Bonchev–Trinajstić information content (AvgIpc) is 2.71. The first-order chi connectivity index (χ1) is 8.19. The lowest BCUT2D eigenvalue weighted by atomic mass is 10.2. The summed E-state index contributed by atoms with van der Waals surface area (Å²) < 4.78 is 6.56. The van der Waals surface area contributed by atoms with Crippen molar-refractivity contribution in [1.82, 2.24) is 14.7 Å². The summed E-state index contributed by atoms with van der Waals surface area (Å²) in [5.74, 6) is 0.560. The predicted molar refractivity (Wildman–Crippen MR) is 63.2 cm³/mol. The Morgan fingerprint density at radius 1 is 1.35 bits per heavy atom. The molecule has 6 heteroatoms. The lowest BCUT2D eigenvalue weighted by Crippen LogP contribution is -2.29. The van der Waals surface area contributed by atoms with Gasteiger partial charge in [0.15, 0.2) is 11.4 Å². The van der Waals surface area contributed by atoms with Crippen molar-refractivity contribution in [3.05, 3.63) is 26.6 Å². The molecule has 0 saturated carbocycles. The summed E-state index contributed by atoms with van der Waals surface area (Å²) >= 11 is 0.